The number of hydrogen-bond acceptors (Lipinski definition) is 5. The average Bonchev–Trinajstić information content (AvgIpc) is 3.51. The smallest absolute Gasteiger partial charge is 0.258 e. The molecule has 158 valence electrons. The van der Waals surface area contributed by atoms with Crippen molar-refractivity contribution in [3.8, 4) is 0 Å². The third-order valence-electron chi connectivity index (χ3n) is 5.51. The predicted molar refractivity (Wildman–Crippen MR) is 118 cm³/mol. The number of pyridine rings is 1. The summed E-state index contributed by atoms with van der Waals surface area (Å²) < 4.78 is 0. The zero-order valence-corrected chi connectivity index (χ0v) is 17.1. The number of nitrogens with one attached hydrogen (secondary N) is 2. The second-order valence-corrected chi connectivity index (χ2v) is 7.48. The Balaban J connectivity index is 1.45. The molecular formula is C24H20N6O2. The molecule has 0 saturated carbocycles. The van der Waals surface area contributed by atoms with Gasteiger partial charge in [-0.3, -0.25) is 19.7 Å². The van der Waals surface area contributed by atoms with Crippen molar-refractivity contribution in [3.63, 3.8) is 0 Å². The lowest BCUT2D eigenvalue weighted by molar-refractivity contribution is 0.0949. The van der Waals surface area contributed by atoms with E-state index in [2.05, 4.69) is 25.5 Å². The largest absolute Gasteiger partial charge is 0.346 e. The van der Waals surface area contributed by atoms with Crippen LogP contribution >= 0.6 is 0 Å². The molecule has 0 unspecified atom stereocenters. The molecule has 0 aliphatic carbocycles. The van der Waals surface area contributed by atoms with Crippen molar-refractivity contribution in [2.45, 2.75) is 12.5 Å². The highest BCUT2D eigenvalue weighted by molar-refractivity contribution is 6.08. The first kappa shape index (κ1) is 19.6. The Kier molecular flexibility index (Phi) is 5.17. The van der Waals surface area contributed by atoms with E-state index < -0.39 is 0 Å². The Labute approximate surface area is 184 Å². The maximum absolute atomic E-state index is 13.2. The number of carbonyl (C=O) groups excluding carboxylic acids is 2. The molecule has 2 N–H and O–H groups in total. The lowest BCUT2D eigenvalue weighted by Crippen LogP contribution is -2.30. The van der Waals surface area contributed by atoms with Crippen LogP contribution in [0.25, 0.3) is 0 Å². The number of anilines is 1. The van der Waals surface area contributed by atoms with Crippen LogP contribution in [-0.4, -0.2) is 38.5 Å². The molecule has 0 bridgehead atoms. The second kappa shape index (κ2) is 8.43. The van der Waals surface area contributed by atoms with Crippen LogP contribution in [0.15, 0.2) is 79.3 Å². The van der Waals surface area contributed by atoms with Gasteiger partial charge in [-0.25, -0.2) is 4.98 Å². The van der Waals surface area contributed by atoms with E-state index in [-0.39, 0.29) is 17.7 Å². The fourth-order valence-corrected chi connectivity index (χ4v) is 3.92. The number of aromatic nitrogens is 4. The molecule has 0 fully saturated rings. The van der Waals surface area contributed by atoms with E-state index in [0.29, 0.717) is 30.0 Å². The molecule has 3 heterocycles. The van der Waals surface area contributed by atoms with Crippen molar-refractivity contribution in [2.75, 3.05) is 11.4 Å². The number of fused-ring (bicyclic) bond motifs is 1. The summed E-state index contributed by atoms with van der Waals surface area (Å²) in [5, 5.41) is 9.77. The van der Waals surface area contributed by atoms with E-state index in [1.54, 1.807) is 29.3 Å². The van der Waals surface area contributed by atoms with E-state index in [9.17, 15) is 9.59 Å². The molecular weight excluding hydrogens is 404 g/mol. The molecule has 1 aliphatic rings. The monoisotopic (exact) mass is 424 g/mol. The fourth-order valence-electron chi connectivity index (χ4n) is 3.92. The van der Waals surface area contributed by atoms with Gasteiger partial charge in [-0.1, -0.05) is 24.3 Å². The molecule has 0 radical (unpaired) electrons. The maximum Gasteiger partial charge on any atom is 0.258 e. The third-order valence-corrected chi connectivity index (χ3v) is 5.51. The van der Waals surface area contributed by atoms with Gasteiger partial charge in [0.15, 0.2) is 0 Å². The van der Waals surface area contributed by atoms with Gasteiger partial charge in [0.2, 0.25) is 0 Å². The SMILES string of the molecule is O=C(NCc1ccccn1)c1ccc2c(c1)[C@H](c1ncn[nH]1)CN2C(=O)c1ccccc1. The number of carbonyl (C=O) groups is 2. The molecule has 2 amide bonds. The van der Waals surface area contributed by atoms with Gasteiger partial charge in [-0.05, 0) is 48.0 Å². The van der Waals surface area contributed by atoms with Crippen molar-refractivity contribution in [1.82, 2.24) is 25.5 Å². The highest BCUT2D eigenvalue weighted by Gasteiger charge is 2.35. The van der Waals surface area contributed by atoms with E-state index >= 15 is 0 Å². The number of H-pyrrole nitrogens is 1. The summed E-state index contributed by atoms with van der Waals surface area (Å²) in [6.07, 6.45) is 3.14. The Hall–Kier alpha value is -4.33. The number of amides is 2. The van der Waals surface area contributed by atoms with Gasteiger partial charge in [0.25, 0.3) is 11.8 Å². The first-order valence-electron chi connectivity index (χ1n) is 10.2. The van der Waals surface area contributed by atoms with Crippen LogP contribution in [0, 0.1) is 0 Å². The number of rotatable bonds is 5. The van der Waals surface area contributed by atoms with Gasteiger partial charge in [-0.15, -0.1) is 0 Å². The maximum atomic E-state index is 13.2. The Morgan fingerprint density at radius 2 is 1.84 bits per heavy atom. The molecule has 8 heteroatoms. The summed E-state index contributed by atoms with van der Waals surface area (Å²) in [5.74, 6) is 0.146. The summed E-state index contributed by atoms with van der Waals surface area (Å²) in [4.78, 5) is 36.2. The second-order valence-electron chi connectivity index (χ2n) is 7.48. The highest BCUT2D eigenvalue weighted by Crippen LogP contribution is 2.40. The van der Waals surface area contributed by atoms with E-state index in [1.807, 2.05) is 48.5 Å². The minimum absolute atomic E-state index is 0.0961. The summed E-state index contributed by atoms with van der Waals surface area (Å²) in [5.41, 5.74) is 3.52. The molecule has 1 atom stereocenters. The van der Waals surface area contributed by atoms with Gasteiger partial charge in [0.05, 0.1) is 18.2 Å². The molecule has 0 saturated heterocycles. The molecule has 5 rings (SSSR count). The summed E-state index contributed by atoms with van der Waals surface area (Å²) >= 11 is 0. The van der Waals surface area contributed by atoms with Crippen molar-refractivity contribution in [3.05, 3.63) is 107 Å². The summed E-state index contributed by atoms with van der Waals surface area (Å²) in [6.45, 7) is 0.748. The number of aromatic amines is 1. The first-order chi connectivity index (χ1) is 15.7. The molecule has 4 aromatic rings. The van der Waals surface area contributed by atoms with Gasteiger partial charge >= 0.3 is 0 Å². The fraction of sp³-hybridized carbons (Fsp3) is 0.125. The standard InChI is InChI=1S/C24H20N6O2/c31-23(26-13-18-8-4-5-11-25-18)17-9-10-21-19(12-17)20(22-27-15-28-29-22)14-30(21)24(32)16-6-2-1-3-7-16/h1-12,15,20H,13-14H2,(H,26,31)(H,27,28,29)/t20-/m1/s1. The molecule has 2 aromatic carbocycles. The average molecular weight is 424 g/mol. The molecule has 2 aromatic heterocycles. The predicted octanol–water partition coefficient (Wildman–Crippen LogP) is 2.92. The number of benzene rings is 2. The number of nitrogens with zero attached hydrogens (tertiary/aromatic N) is 4. The minimum Gasteiger partial charge on any atom is -0.346 e. The minimum atomic E-state index is -0.206. The van der Waals surface area contributed by atoms with Crippen LogP contribution in [0.5, 0.6) is 0 Å². The van der Waals surface area contributed by atoms with Gasteiger partial charge in [0.1, 0.15) is 12.2 Å². The van der Waals surface area contributed by atoms with Crippen LogP contribution in [0.4, 0.5) is 5.69 Å². The zero-order valence-electron chi connectivity index (χ0n) is 17.1. The van der Waals surface area contributed by atoms with Crippen LogP contribution < -0.4 is 10.2 Å². The van der Waals surface area contributed by atoms with Crippen LogP contribution in [0.1, 0.15) is 43.7 Å². The molecule has 32 heavy (non-hydrogen) atoms. The van der Waals surface area contributed by atoms with Crippen molar-refractivity contribution in [2.24, 2.45) is 0 Å². The molecule has 0 spiro atoms. The van der Waals surface area contributed by atoms with Crippen LogP contribution in [0.3, 0.4) is 0 Å². The molecule has 1 aliphatic heterocycles. The zero-order chi connectivity index (χ0) is 21.9. The first-order valence-corrected chi connectivity index (χ1v) is 10.2. The van der Waals surface area contributed by atoms with Gasteiger partial charge < -0.3 is 10.2 Å². The van der Waals surface area contributed by atoms with Gasteiger partial charge in [-0.2, -0.15) is 5.10 Å². The summed E-state index contributed by atoms with van der Waals surface area (Å²) in [6, 6.07) is 20.1. The quantitative estimate of drug-likeness (QED) is 0.513. The Morgan fingerprint density at radius 1 is 1.00 bits per heavy atom. The Bertz CT molecular complexity index is 1240. The summed E-state index contributed by atoms with van der Waals surface area (Å²) in [7, 11) is 0. The lowest BCUT2D eigenvalue weighted by atomic mass is 9.98. The van der Waals surface area contributed by atoms with Crippen molar-refractivity contribution >= 4 is 17.5 Å². The van der Waals surface area contributed by atoms with Crippen LogP contribution in [0.2, 0.25) is 0 Å². The molecule has 8 nitrogen and oxygen atoms in total. The Morgan fingerprint density at radius 3 is 2.59 bits per heavy atom. The van der Waals surface area contributed by atoms with Gasteiger partial charge in [0, 0.05) is 29.6 Å². The lowest BCUT2D eigenvalue weighted by Gasteiger charge is -2.18. The normalized spacial score (nSPS) is 14.8. The van der Waals surface area contributed by atoms with E-state index in [0.717, 1.165) is 16.9 Å². The van der Waals surface area contributed by atoms with Crippen molar-refractivity contribution < 1.29 is 9.59 Å². The van der Waals surface area contributed by atoms with E-state index in [1.165, 1.54) is 6.33 Å². The van der Waals surface area contributed by atoms with Crippen molar-refractivity contribution in [1.29, 1.82) is 0 Å². The number of hydrogen-bond donors (Lipinski definition) is 2. The topological polar surface area (TPSA) is 104 Å². The van der Waals surface area contributed by atoms with E-state index in [4.69, 9.17) is 0 Å². The highest BCUT2D eigenvalue weighted by atomic mass is 16.2. The third kappa shape index (κ3) is 3.74. The van der Waals surface area contributed by atoms with Crippen LogP contribution in [-0.2, 0) is 6.54 Å².